The monoisotopic (exact) mass is 260 g/mol. The van der Waals surface area contributed by atoms with Crippen molar-refractivity contribution in [2.45, 2.75) is 42.8 Å². The van der Waals surface area contributed by atoms with E-state index in [-0.39, 0.29) is 10.8 Å². The molecule has 94 valence electrons. The third kappa shape index (κ3) is 1.86. The predicted octanol–water partition coefficient (Wildman–Crippen LogP) is 3.02. The maximum Gasteiger partial charge on any atom is 0.181 e. The molecule has 0 saturated heterocycles. The average Bonchev–Trinajstić information content (AvgIpc) is 2.27. The SMILES string of the molecule is CCC1CC(C)S(=O)(=O)c2cc(F)c(F)cc21. The fourth-order valence-corrected chi connectivity index (χ4v) is 4.11. The topological polar surface area (TPSA) is 34.1 Å². The van der Waals surface area contributed by atoms with Crippen LogP contribution in [0.1, 0.15) is 38.2 Å². The van der Waals surface area contributed by atoms with E-state index in [2.05, 4.69) is 0 Å². The second kappa shape index (κ2) is 4.05. The number of hydrogen-bond acceptors (Lipinski definition) is 2. The van der Waals surface area contributed by atoms with Crippen LogP contribution in [-0.4, -0.2) is 13.7 Å². The third-order valence-corrected chi connectivity index (χ3v) is 5.66. The van der Waals surface area contributed by atoms with Gasteiger partial charge in [-0.25, -0.2) is 17.2 Å². The molecule has 2 rings (SSSR count). The smallest absolute Gasteiger partial charge is 0.181 e. The molecule has 17 heavy (non-hydrogen) atoms. The van der Waals surface area contributed by atoms with Crippen molar-refractivity contribution in [2.75, 3.05) is 0 Å². The first-order valence-corrected chi connectivity index (χ1v) is 7.15. The third-order valence-electron chi connectivity index (χ3n) is 3.44. The molecule has 0 aliphatic carbocycles. The largest absolute Gasteiger partial charge is 0.223 e. The Labute approximate surface area is 99.6 Å². The molecule has 0 amide bonds. The lowest BCUT2D eigenvalue weighted by atomic mass is 9.91. The second-order valence-corrected chi connectivity index (χ2v) is 6.84. The van der Waals surface area contributed by atoms with E-state index in [9.17, 15) is 17.2 Å². The molecule has 0 N–H and O–H groups in total. The van der Waals surface area contributed by atoms with Gasteiger partial charge in [0.25, 0.3) is 0 Å². The zero-order valence-electron chi connectivity index (χ0n) is 9.70. The lowest BCUT2D eigenvalue weighted by Gasteiger charge is -2.29. The molecule has 2 nitrogen and oxygen atoms in total. The summed E-state index contributed by atoms with van der Waals surface area (Å²) in [6, 6.07) is 1.85. The lowest BCUT2D eigenvalue weighted by Crippen LogP contribution is -2.28. The maximum atomic E-state index is 13.2. The first-order chi connectivity index (χ1) is 7.87. The first-order valence-electron chi connectivity index (χ1n) is 5.60. The van der Waals surface area contributed by atoms with E-state index in [0.717, 1.165) is 18.6 Å². The minimum Gasteiger partial charge on any atom is -0.223 e. The Balaban J connectivity index is 2.72. The molecule has 0 spiro atoms. The Morgan fingerprint density at radius 3 is 2.47 bits per heavy atom. The molecule has 0 aromatic heterocycles. The Morgan fingerprint density at radius 2 is 1.88 bits per heavy atom. The zero-order chi connectivity index (χ0) is 12.8. The Bertz CT molecular complexity index is 552. The summed E-state index contributed by atoms with van der Waals surface area (Å²) >= 11 is 0. The predicted molar refractivity (Wildman–Crippen MR) is 60.7 cm³/mol. The van der Waals surface area contributed by atoms with E-state index < -0.39 is 26.7 Å². The van der Waals surface area contributed by atoms with E-state index in [1.165, 1.54) is 0 Å². The van der Waals surface area contributed by atoms with Crippen LogP contribution >= 0.6 is 0 Å². The average molecular weight is 260 g/mol. The highest BCUT2D eigenvalue weighted by molar-refractivity contribution is 7.92. The van der Waals surface area contributed by atoms with Crippen LogP contribution in [0.3, 0.4) is 0 Å². The highest BCUT2D eigenvalue weighted by atomic mass is 32.2. The van der Waals surface area contributed by atoms with Gasteiger partial charge in [0.05, 0.1) is 10.1 Å². The molecular weight excluding hydrogens is 246 g/mol. The van der Waals surface area contributed by atoms with Gasteiger partial charge in [-0.3, -0.25) is 0 Å². The van der Waals surface area contributed by atoms with Gasteiger partial charge in [-0.2, -0.15) is 0 Å². The van der Waals surface area contributed by atoms with Crippen molar-refractivity contribution in [1.29, 1.82) is 0 Å². The number of benzene rings is 1. The van der Waals surface area contributed by atoms with Crippen LogP contribution in [0.25, 0.3) is 0 Å². The number of halogens is 2. The summed E-state index contributed by atoms with van der Waals surface area (Å²) in [5.74, 6) is -2.10. The van der Waals surface area contributed by atoms with Gasteiger partial charge in [0, 0.05) is 0 Å². The van der Waals surface area contributed by atoms with Gasteiger partial charge in [-0.15, -0.1) is 0 Å². The van der Waals surface area contributed by atoms with E-state index in [1.807, 2.05) is 6.92 Å². The van der Waals surface area contributed by atoms with Crippen molar-refractivity contribution < 1.29 is 17.2 Å². The molecular formula is C12H14F2O2S. The molecule has 0 fully saturated rings. The normalized spacial score (nSPS) is 26.6. The lowest BCUT2D eigenvalue weighted by molar-refractivity contribution is 0.483. The van der Waals surface area contributed by atoms with Gasteiger partial charge in [0.15, 0.2) is 21.5 Å². The maximum absolute atomic E-state index is 13.2. The van der Waals surface area contributed by atoms with Crippen molar-refractivity contribution in [3.63, 3.8) is 0 Å². The Kier molecular flexibility index (Phi) is 2.97. The Hall–Kier alpha value is -0.970. The van der Waals surface area contributed by atoms with Gasteiger partial charge in [-0.1, -0.05) is 6.92 Å². The van der Waals surface area contributed by atoms with Crippen molar-refractivity contribution in [1.82, 2.24) is 0 Å². The first kappa shape index (κ1) is 12.5. The van der Waals surface area contributed by atoms with Gasteiger partial charge in [-0.05, 0) is 43.4 Å². The fourth-order valence-electron chi connectivity index (χ4n) is 2.37. The molecule has 1 aliphatic heterocycles. The number of rotatable bonds is 1. The molecule has 1 aliphatic rings. The molecule has 2 unspecified atom stereocenters. The molecule has 0 radical (unpaired) electrons. The Morgan fingerprint density at radius 1 is 1.29 bits per heavy atom. The van der Waals surface area contributed by atoms with Crippen molar-refractivity contribution in [3.05, 3.63) is 29.3 Å². The molecule has 0 saturated carbocycles. The highest BCUT2D eigenvalue weighted by Gasteiger charge is 2.36. The zero-order valence-corrected chi connectivity index (χ0v) is 10.5. The van der Waals surface area contributed by atoms with Crippen molar-refractivity contribution in [3.8, 4) is 0 Å². The van der Waals surface area contributed by atoms with Crippen LogP contribution in [0.15, 0.2) is 17.0 Å². The number of fused-ring (bicyclic) bond motifs is 1. The van der Waals surface area contributed by atoms with Gasteiger partial charge in [0.1, 0.15) is 0 Å². The molecule has 0 bridgehead atoms. The molecule has 1 heterocycles. The number of hydrogen-bond donors (Lipinski definition) is 0. The van der Waals surface area contributed by atoms with Gasteiger partial charge >= 0.3 is 0 Å². The molecule has 5 heteroatoms. The van der Waals surface area contributed by atoms with Crippen LogP contribution in [0.4, 0.5) is 8.78 Å². The minimum absolute atomic E-state index is 0.0152. The van der Waals surface area contributed by atoms with E-state index in [4.69, 9.17) is 0 Å². The summed E-state index contributed by atoms with van der Waals surface area (Å²) in [6.07, 6.45) is 1.19. The van der Waals surface area contributed by atoms with E-state index in [1.54, 1.807) is 6.92 Å². The molecule has 1 aromatic rings. The standard InChI is InChI=1S/C12H14F2O2S/c1-3-8-4-7(2)17(15,16)12-6-11(14)10(13)5-9(8)12/h5-8H,3-4H2,1-2H3. The van der Waals surface area contributed by atoms with Crippen LogP contribution in [0.5, 0.6) is 0 Å². The van der Waals surface area contributed by atoms with Crippen LogP contribution in [0, 0.1) is 11.6 Å². The summed E-state index contributed by atoms with van der Waals surface area (Å²) in [5.41, 5.74) is 0.421. The van der Waals surface area contributed by atoms with E-state index in [0.29, 0.717) is 12.0 Å². The van der Waals surface area contributed by atoms with Gasteiger partial charge in [0.2, 0.25) is 0 Å². The van der Waals surface area contributed by atoms with Crippen molar-refractivity contribution in [2.24, 2.45) is 0 Å². The van der Waals surface area contributed by atoms with E-state index >= 15 is 0 Å². The van der Waals surface area contributed by atoms with Crippen LogP contribution in [-0.2, 0) is 9.84 Å². The molecule has 2 atom stereocenters. The number of sulfone groups is 1. The highest BCUT2D eigenvalue weighted by Crippen LogP contribution is 2.40. The van der Waals surface area contributed by atoms with Gasteiger partial charge < -0.3 is 0 Å². The summed E-state index contributed by atoms with van der Waals surface area (Å²) in [6.45, 7) is 3.53. The van der Waals surface area contributed by atoms with Crippen LogP contribution in [0.2, 0.25) is 0 Å². The fraction of sp³-hybridized carbons (Fsp3) is 0.500. The minimum atomic E-state index is -3.51. The summed E-state index contributed by atoms with van der Waals surface area (Å²) in [5, 5.41) is -0.537. The molecule has 1 aromatic carbocycles. The van der Waals surface area contributed by atoms with Crippen LogP contribution < -0.4 is 0 Å². The van der Waals surface area contributed by atoms with Crippen molar-refractivity contribution >= 4 is 9.84 Å². The summed E-state index contributed by atoms with van der Waals surface area (Å²) in [7, 11) is -3.51. The second-order valence-electron chi connectivity index (χ2n) is 4.50. The summed E-state index contributed by atoms with van der Waals surface area (Å²) < 4.78 is 50.4. The quantitative estimate of drug-likeness (QED) is 0.727. The summed E-state index contributed by atoms with van der Waals surface area (Å²) in [4.78, 5) is -0.0398.